The van der Waals surface area contributed by atoms with Crippen molar-refractivity contribution >= 4 is 17.9 Å². The Morgan fingerprint density at radius 3 is 0.852 bits per heavy atom. The summed E-state index contributed by atoms with van der Waals surface area (Å²) in [7, 11) is 0. The van der Waals surface area contributed by atoms with Crippen LogP contribution < -0.4 is 0 Å². The van der Waals surface area contributed by atoms with Gasteiger partial charge in [0.1, 0.15) is 13.2 Å². The molecule has 0 saturated heterocycles. The van der Waals surface area contributed by atoms with E-state index in [1.54, 1.807) is 0 Å². The third-order valence-electron chi connectivity index (χ3n) is 12.9. The first-order valence-electron chi connectivity index (χ1n) is 27.4. The Morgan fingerprint density at radius 1 is 0.328 bits per heavy atom. The third-order valence-corrected chi connectivity index (χ3v) is 12.9. The highest BCUT2D eigenvalue weighted by Crippen LogP contribution is 2.18. The van der Waals surface area contributed by atoms with Gasteiger partial charge in [0.25, 0.3) is 0 Å². The van der Waals surface area contributed by atoms with E-state index >= 15 is 0 Å². The second kappa shape index (κ2) is 49.4. The molecule has 0 N–H and O–H groups in total. The van der Waals surface area contributed by atoms with Crippen molar-refractivity contribution in [2.24, 2.45) is 5.92 Å². The topological polar surface area (TPSA) is 78.9 Å². The molecule has 0 aliphatic rings. The summed E-state index contributed by atoms with van der Waals surface area (Å²) >= 11 is 0. The lowest BCUT2D eigenvalue weighted by Crippen LogP contribution is -2.30. The van der Waals surface area contributed by atoms with E-state index in [9.17, 15) is 14.4 Å². The van der Waals surface area contributed by atoms with Crippen LogP contribution in [0.1, 0.15) is 310 Å². The van der Waals surface area contributed by atoms with Gasteiger partial charge in [-0.15, -0.1) is 0 Å². The quantitative estimate of drug-likeness (QED) is 0.0344. The second-order valence-corrected chi connectivity index (χ2v) is 19.1. The highest BCUT2D eigenvalue weighted by Gasteiger charge is 2.19. The zero-order chi connectivity index (χ0) is 44.5. The fourth-order valence-corrected chi connectivity index (χ4v) is 8.36. The highest BCUT2D eigenvalue weighted by atomic mass is 16.6. The van der Waals surface area contributed by atoms with E-state index < -0.39 is 6.10 Å². The van der Waals surface area contributed by atoms with Crippen molar-refractivity contribution in [1.29, 1.82) is 0 Å². The Kier molecular flexibility index (Phi) is 48.1. The van der Waals surface area contributed by atoms with Crippen LogP contribution in [0.5, 0.6) is 0 Å². The largest absolute Gasteiger partial charge is 0.462 e. The van der Waals surface area contributed by atoms with Gasteiger partial charge in [-0.3, -0.25) is 14.4 Å². The zero-order valence-corrected chi connectivity index (χ0v) is 41.6. The molecule has 0 saturated carbocycles. The van der Waals surface area contributed by atoms with Crippen LogP contribution in [-0.4, -0.2) is 37.2 Å². The number of rotatable bonds is 50. The van der Waals surface area contributed by atoms with Crippen molar-refractivity contribution < 1.29 is 28.6 Å². The predicted molar refractivity (Wildman–Crippen MR) is 261 cm³/mol. The lowest BCUT2D eigenvalue weighted by molar-refractivity contribution is -0.167. The molecule has 0 fully saturated rings. The van der Waals surface area contributed by atoms with Gasteiger partial charge in [0, 0.05) is 19.3 Å². The highest BCUT2D eigenvalue weighted by molar-refractivity contribution is 5.71. The van der Waals surface area contributed by atoms with E-state index in [1.165, 1.54) is 205 Å². The Balaban J connectivity index is 4.16. The molecule has 0 aliphatic carbocycles. The normalized spacial score (nSPS) is 12.4. The maximum absolute atomic E-state index is 12.8. The molecule has 0 spiro atoms. The van der Waals surface area contributed by atoms with Crippen molar-refractivity contribution in [2.75, 3.05) is 13.2 Å². The van der Waals surface area contributed by atoms with Crippen LogP contribution >= 0.6 is 0 Å². The van der Waals surface area contributed by atoms with Gasteiger partial charge in [-0.05, 0) is 25.2 Å². The average molecular weight is 863 g/mol. The first kappa shape index (κ1) is 59.4. The van der Waals surface area contributed by atoms with Crippen molar-refractivity contribution in [3.63, 3.8) is 0 Å². The third kappa shape index (κ3) is 47.7. The Bertz CT molecular complexity index is 920. The van der Waals surface area contributed by atoms with E-state index in [0.29, 0.717) is 19.3 Å². The summed E-state index contributed by atoms with van der Waals surface area (Å²) in [4.78, 5) is 37.9. The van der Waals surface area contributed by atoms with E-state index in [-0.39, 0.29) is 31.1 Å². The number of carbonyl (C=O) groups excluding carboxylic acids is 3. The van der Waals surface area contributed by atoms with E-state index in [0.717, 1.165) is 63.7 Å². The molecule has 61 heavy (non-hydrogen) atoms. The number of hydrogen-bond acceptors (Lipinski definition) is 6. The Labute approximate surface area is 380 Å². The summed E-state index contributed by atoms with van der Waals surface area (Å²) in [6.07, 6.45) is 52.4. The number of ether oxygens (including phenoxy) is 3. The number of hydrogen-bond donors (Lipinski definition) is 0. The molecule has 0 aliphatic heterocycles. The summed E-state index contributed by atoms with van der Waals surface area (Å²) in [6.45, 7) is 9.04. The molecule has 2 atom stereocenters. The zero-order valence-electron chi connectivity index (χ0n) is 41.6. The molecule has 1 unspecified atom stereocenters. The standard InChI is InChI=1S/C55H106O6/c1-5-8-10-12-14-15-16-17-18-19-20-21-25-28-31-35-39-43-47-54(57)60-50-52(49-59-53(56)46-42-38-33-13-11-9-6-2)61-55(58)48-44-40-36-32-29-26-23-22-24-27-30-34-37-41-45-51(4)7-3/h51-52H,5-50H2,1-4H3/t51?,52-/m1/s1. The average Bonchev–Trinajstić information content (AvgIpc) is 3.26. The minimum Gasteiger partial charge on any atom is -0.462 e. The van der Waals surface area contributed by atoms with Gasteiger partial charge in [0.05, 0.1) is 0 Å². The smallest absolute Gasteiger partial charge is 0.306 e. The fourth-order valence-electron chi connectivity index (χ4n) is 8.36. The van der Waals surface area contributed by atoms with Crippen molar-refractivity contribution in [3.05, 3.63) is 0 Å². The lowest BCUT2D eigenvalue weighted by Gasteiger charge is -2.18. The second-order valence-electron chi connectivity index (χ2n) is 19.1. The molecule has 0 aromatic carbocycles. The fraction of sp³-hybridized carbons (Fsp3) is 0.945. The first-order chi connectivity index (χ1) is 29.9. The molecule has 6 nitrogen and oxygen atoms in total. The minimum absolute atomic E-state index is 0.0628. The van der Waals surface area contributed by atoms with Crippen molar-refractivity contribution in [3.8, 4) is 0 Å². The number of unbranched alkanes of at least 4 members (excludes halogenated alkanes) is 36. The molecule has 0 radical (unpaired) electrons. The van der Waals surface area contributed by atoms with Crippen LogP contribution in [0.2, 0.25) is 0 Å². The van der Waals surface area contributed by atoms with Crippen LogP contribution in [0.4, 0.5) is 0 Å². The molecule has 0 aromatic heterocycles. The molecule has 0 amide bonds. The maximum Gasteiger partial charge on any atom is 0.306 e. The van der Waals surface area contributed by atoms with Crippen LogP contribution in [-0.2, 0) is 28.6 Å². The van der Waals surface area contributed by atoms with E-state index in [1.807, 2.05) is 0 Å². The first-order valence-corrected chi connectivity index (χ1v) is 27.4. The summed E-state index contributed by atoms with van der Waals surface area (Å²) in [6, 6.07) is 0. The molecule has 0 bridgehead atoms. The van der Waals surface area contributed by atoms with Gasteiger partial charge < -0.3 is 14.2 Å². The van der Waals surface area contributed by atoms with Gasteiger partial charge >= 0.3 is 17.9 Å². The molecular formula is C55H106O6. The van der Waals surface area contributed by atoms with Crippen LogP contribution in [0.3, 0.4) is 0 Å². The van der Waals surface area contributed by atoms with E-state index in [2.05, 4.69) is 27.7 Å². The summed E-state index contributed by atoms with van der Waals surface area (Å²) in [5.41, 5.74) is 0. The summed E-state index contributed by atoms with van der Waals surface area (Å²) in [5.74, 6) is 0.0470. The van der Waals surface area contributed by atoms with Crippen molar-refractivity contribution in [2.45, 2.75) is 316 Å². The molecule has 0 aromatic rings. The van der Waals surface area contributed by atoms with Crippen LogP contribution in [0.15, 0.2) is 0 Å². The van der Waals surface area contributed by atoms with Crippen LogP contribution in [0.25, 0.3) is 0 Å². The van der Waals surface area contributed by atoms with Gasteiger partial charge in [0.2, 0.25) is 0 Å². The Hall–Kier alpha value is -1.59. The van der Waals surface area contributed by atoms with Gasteiger partial charge in [-0.2, -0.15) is 0 Å². The molecular weight excluding hydrogens is 757 g/mol. The lowest BCUT2D eigenvalue weighted by atomic mass is 9.99. The van der Waals surface area contributed by atoms with Gasteiger partial charge in [-0.25, -0.2) is 0 Å². The van der Waals surface area contributed by atoms with Crippen LogP contribution in [0, 0.1) is 5.92 Å². The summed E-state index contributed by atoms with van der Waals surface area (Å²) < 4.78 is 16.8. The Morgan fingerprint density at radius 2 is 0.574 bits per heavy atom. The van der Waals surface area contributed by atoms with E-state index in [4.69, 9.17) is 14.2 Å². The molecule has 0 rings (SSSR count). The molecule has 0 heterocycles. The summed E-state index contributed by atoms with van der Waals surface area (Å²) in [5, 5.41) is 0. The minimum atomic E-state index is -0.760. The number of esters is 3. The molecule has 362 valence electrons. The SMILES string of the molecule is CCCCCCCCCCCCCCCCCCCCC(=O)OC[C@@H](COC(=O)CCCCCCCCC)OC(=O)CCCCCCCCCCCCCCCCC(C)CC. The molecule has 6 heteroatoms. The maximum atomic E-state index is 12.8. The number of carbonyl (C=O) groups is 3. The monoisotopic (exact) mass is 863 g/mol. The van der Waals surface area contributed by atoms with Gasteiger partial charge in [-0.1, -0.05) is 272 Å². The van der Waals surface area contributed by atoms with Crippen molar-refractivity contribution in [1.82, 2.24) is 0 Å². The predicted octanol–water partition coefficient (Wildman–Crippen LogP) is 17.8. The van der Waals surface area contributed by atoms with Gasteiger partial charge in [0.15, 0.2) is 6.10 Å².